The number of halogens is 3. The van der Waals surface area contributed by atoms with Crippen molar-refractivity contribution in [3.05, 3.63) is 75.1 Å². The zero-order valence-corrected chi connectivity index (χ0v) is 15.6. The molecular weight excluding hydrogens is 407 g/mol. The first-order valence-corrected chi connectivity index (χ1v) is 9.03. The molecule has 0 amide bonds. The summed E-state index contributed by atoms with van der Waals surface area (Å²) in [5.74, 6) is 0.0915. The molecule has 0 atom stereocenters. The summed E-state index contributed by atoms with van der Waals surface area (Å²) in [5.41, 5.74) is -2.07. The minimum atomic E-state index is -4.82. The highest BCUT2D eigenvalue weighted by molar-refractivity contribution is 7.13. The molecule has 4 aromatic rings. The van der Waals surface area contributed by atoms with Gasteiger partial charge in [-0.3, -0.25) is 9.36 Å². The van der Waals surface area contributed by atoms with Crippen molar-refractivity contribution in [2.24, 2.45) is 7.05 Å². The van der Waals surface area contributed by atoms with Crippen LogP contribution in [-0.2, 0) is 13.2 Å². The van der Waals surface area contributed by atoms with Crippen LogP contribution in [0, 0.1) is 0 Å². The molecule has 0 aliphatic heterocycles. The van der Waals surface area contributed by atoms with Gasteiger partial charge in [-0.1, -0.05) is 0 Å². The molecular formula is C19H12F3N3O3S. The number of alkyl halides is 3. The largest absolute Gasteiger partial charge is 0.508 e. The van der Waals surface area contributed by atoms with E-state index >= 15 is 0 Å². The second kappa shape index (κ2) is 6.59. The molecule has 0 radical (unpaired) electrons. The van der Waals surface area contributed by atoms with Crippen LogP contribution in [0.5, 0.6) is 5.75 Å². The van der Waals surface area contributed by atoms with Gasteiger partial charge in [-0.15, -0.1) is 0 Å². The Bertz CT molecular complexity index is 1350. The van der Waals surface area contributed by atoms with E-state index in [-0.39, 0.29) is 11.4 Å². The van der Waals surface area contributed by atoms with Crippen molar-refractivity contribution in [2.75, 3.05) is 0 Å². The zero-order valence-electron chi connectivity index (χ0n) is 14.8. The highest BCUT2D eigenvalue weighted by Gasteiger charge is 2.35. The first-order chi connectivity index (χ1) is 13.7. The topological polar surface area (TPSA) is 77.1 Å². The molecule has 4 rings (SSSR count). The van der Waals surface area contributed by atoms with Crippen molar-refractivity contribution in [3.63, 3.8) is 0 Å². The normalized spacial score (nSPS) is 11.9. The minimum absolute atomic E-state index is 0.0915. The lowest BCUT2D eigenvalue weighted by Crippen LogP contribution is -2.40. The van der Waals surface area contributed by atoms with E-state index < -0.39 is 23.1 Å². The Balaban J connectivity index is 1.93. The average molecular weight is 419 g/mol. The second-order valence-corrected chi connectivity index (χ2v) is 7.11. The fraction of sp³-hybridized carbons (Fsp3) is 0.105. The molecule has 2 heterocycles. The Hall–Kier alpha value is -3.40. The molecule has 1 N–H and O–H groups in total. The summed E-state index contributed by atoms with van der Waals surface area (Å²) in [6.45, 7) is 0. The number of hydrogen-bond donors (Lipinski definition) is 1. The molecule has 148 valence electrons. The third-order valence-corrected chi connectivity index (χ3v) is 5.29. The number of benzene rings is 2. The van der Waals surface area contributed by atoms with Crippen LogP contribution >= 0.6 is 11.5 Å². The molecule has 0 spiro atoms. The smallest absolute Gasteiger partial charge is 0.431 e. The van der Waals surface area contributed by atoms with Crippen LogP contribution < -0.4 is 11.2 Å². The number of rotatable bonds is 2. The van der Waals surface area contributed by atoms with Crippen LogP contribution in [0.3, 0.4) is 0 Å². The minimum Gasteiger partial charge on any atom is -0.508 e. The first-order valence-electron chi connectivity index (χ1n) is 8.26. The summed E-state index contributed by atoms with van der Waals surface area (Å²) >= 11 is 1.20. The molecule has 0 unspecified atom stereocenters. The van der Waals surface area contributed by atoms with Crippen LogP contribution in [0.2, 0.25) is 0 Å². The molecule has 6 nitrogen and oxygen atoms in total. The summed E-state index contributed by atoms with van der Waals surface area (Å²) in [6.07, 6.45) is -4.82. The van der Waals surface area contributed by atoms with Gasteiger partial charge >= 0.3 is 11.9 Å². The molecule has 0 saturated carbocycles. The number of phenolic OH excluding ortho intramolecular Hbond substituents is 1. The lowest BCUT2D eigenvalue weighted by molar-refractivity contribution is -0.144. The third kappa shape index (κ3) is 3.21. The van der Waals surface area contributed by atoms with E-state index in [1.165, 1.54) is 35.8 Å². The van der Waals surface area contributed by atoms with E-state index in [0.717, 1.165) is 11.7 Å². The first kappa shape index (κ1) is 18.9. The molecule has 2 aromatic heterocycles. The number of aromatic nitrogens is 3. The molecule has 10 heteroatoms. The van der Waals surface area contributed by atoms with E-state index in [4.69, 9.17) is 0 Å². The van der Waals surface area contributed by atoms with Gasteiger partial charge in [0.1, 0.15) is 11.4 Å². The molecule has 0 aliphatic carbocycles. The summed E-state index contributed by atoms with van der Waals surface area (Å²) in [6, 6.07) is 11.4. The van der Waals surface area contributed by atoms with Gasteiger partial charge in [-0.25, -0.2) is 9.36 Å². The lowest BCUT2D eigenvalue weighted by Gasteiger charge is -2.14. The highest BCUT2D eigenvalue weighted by atomic mass is 32.1. The van der Waals surface area contributed by atoms with Gasteiger partial charge in [-0.05, 0) is 54.0 Å². The van der Waals surface area contributed by atoms with Gasteiger partial charge in [0.2, 0.25) is 0 Å². The van der Waals surface area contributed by atoms with Crippen LogP contribution in [-0.4, -0.2) is 18.6 Å². The Morgan fingerprint density at radius 1 is 1.03 bits per heavy atom. The van der Waals surface area contributed by atoms with Crippen molar-refractivity contribution in [2.45, 2.75) is 6.18 Å². The number of phenols is 1. The van der Waals surface area contributed by atoms with Crippen LogP contribution in [0.4, 0.5) is 13.2 Å². The van der Waals surface area contributed by atoms with Gasteiger partial charge in [0.25, 0.3) is 5.56 Å². The molecule has 29 heavy (non-hydrogen) atoms. The van der Waals surface area contributed by atoms with Crippen molar-refractivity contribution >= 4 is 21.6 Å². The maximum atomic E-state index is 13.0. The summed E-state index contributed by atoms with van der Waals surface area (Å²) < 4.78 is 45.4. The van der Waals surface area contributed by atoms with Gasteiger partial charge in [0.05, 0.1) is 16.1 Å². The fourth-order valence-electron chi connectivity index (χ4n) is 3.03. The van der Waals surface area contributed by atoms with Crippen molar-refractivity contribution in [1.29, 1.82) is 0 Å². The van der Waals surface area contributed by atoms with Gasteiger partial charge < -0.3 is 5.11 Å². The number of aromatic hydroxyl groups is 1. The van der Waals surface area contributed by atoms with Gasteiger partial charge in [0.15, 0.2) is 0 Å². The predicted molar refractivity (Wildman–Crippen MR) is 103 cm³/mol. The highest BCUT2D eigenvalue weighted by Crippen LogP contribution is 2.33. The van der Waals surface area contributed by atoms with Crippen LogP contribution in [0.15, 0.2) is 58.1 Å². The molecule has 0 fully saturated rings. The molecule has 0 bridgehead atoms. The van der Waals surface area contributed by atoms with E-state index in [1.807, 2.05) is 0 Å². The van der Waals surface area contributed by atoms with Crippen molar-refractivity contribution in [3.8, 4) is 22.7 Å². The van der Waals surface area contributed by atoms with Gasteiger partial charge in [0, 0.05) is 24.1 Å². The number of hydrogen-bond acceptors (Lipinski definition) is 5. The lowest BCUT2D eigenvalue weighted by atomic mass is 10.1. The standard InChI is InChI=1S/C19H12F3N3O3S/c1-24-15(19(20,21)22)9-16(27)25(18(24)28)11-4-7-14-13(8-11)17(23-29-14)10-2-5-12(26)6-3-10/h2-9,26H,1H3. The van der Waals surface area contributed by atoms with Crippen molar-refractivity contribution in [1.82, 2.24) is 13.5 Å². The number of nitrogens with zero attached hydrogens (tertiary/aromatic N) is 3. The quantitative estimate of drug-likeness (QED) is 0.539. The monoisotopic (exact) mass is 419 g/mol. The van der Waals surface area contributed by atoms with Gasteiger partial charge in [-0.2, -0.15) is 17.5 Å². The Morgan fingerprint density at radius 2 is 1.72 bits per heavy atom. The second-order valence-electron chi connectivity index (χ2n) is 6.30. The van der Waals surface area contributed by atoms with Crippen LogP contribution in [0.25, 0.3) is 27.0 Å². The summed E-state index contributed by atoms with van der Waals surface area (Å²) in [5, 5.41) is 10.1. The SMILES string of the molecule is Cn1c(C(F)(F)F)cc(=O)n(-c2ccc3snc(-c4ccc(O)cc4)c3c2)c1=O. The maximum absolute atomic E-state index is 13.0. The molecule has 0 saturated heterocycles. The van der Waals surface area contributed by atoms with E-state index in [9.17, 15) is 27.9 Å². The summed E-state index contributed by atoms with van der Waals surface area (Å²) in [7, 11) is 0.966. The fourth-order valence-corrected chi connectivity index (χ4v) is 3.80. The average Bonchev–Trinajstić information content (AvgIpc) is 3.08. The summed E-state index contributed by atoms with van der Waals surface area (Å²) in [4.78, 5) is 24.8. The zero-order chi connectivity index (χ0) is 20.9. The predicted octanol–water partition coefficient (Wildman–Crippen LogP) is 3.54. The van der Waals surface area contributed by atoms with Crippen LogP contribution in [0.1, 0.15) is 5.69 Å². The van der Waals surface area contributed by atoms with E-state index in [1.54, 1.807) is 18.2 Å². The van der Waals surface area contributed by atoms with E-state index in [2.05, 4.69) is 4.37 Å². The Labute approximate surface area is 164 Å². The van der Waals surface area contributed by atoms with E-state index in [0.29, 0.717) is 31.8 Å². The Kier molecular flexibility index (Phi) is 4.30. The van der Waals surface area contributed by atoms with Crippen molar-refractivity contribution < 1.29 is 18.3 Å². The molecule has 2 aromatic carbocycles. The number of fused-ring (bicyclic) bond motifs is 1. The Morgan fingerprint density at radius 3 is 2.38 bits per heavy atom. The maximum Gasteiger partial charge on any atom is 0.431 e. The third-order valence-electron chi connectivity index (χ3n) is 4.46. The molecule has 0 aliphatic rings.